The van der Waals surface area contributed by atoms with Gasteiger partial charge in [0.15, 0.2) is 0 Å². The Morgan fingerprint density at radius 2 is 1.64 bits per heavy atom. The quantitative estimate of drug-likeness (QED) is 0.825. The number of primary amides is 1. The standard InChI is InChI=1S/C20H22F2N4O2/c21-16-8-15(9-17(22)12-16)13-25-4-6-26(7-5-25)20(28)24-18-3-1-2-14(10-18)11-19(23)27/h1-3,8-10,12H,4-7,11,13H2,(H2,23,27)(H,24,28). The Morgan fingerprint density at radius 1 is 0.964 bits per heavy atom. The number of amides is 3. The van der Waals surface area contributed by atoms with E-state index in [9.17, 15) is 18.4 Å². The van der Waals surface area contributed by atoms with Gasteiger partial charge in [0.05, 0.1) is 6.42 Å². The van der Waals surface area contributed by atoms with Crippen molar-refractivity contribution in [3.05, 3.63) is 65.2 Å². The Balaban J connectivity index is 1.51. The second-order valence-corrected chi connectivity index (χ2v) is 6.81. The van der Waals surface area contributed by atoms with Crippen molar-refractivity contribution in [3.63, 3.8) is 0 Å². The average Bonchev–Trinajstić information content (AvgIpc) is 2.61. The summed E-state index contributed by atoms with van der Waals surface area (Å²) in [4.78, 5) is 27.2. The molecule has 3 amide bonds. The van der Waals surface area contributed by atoms with Crippen molar-refractivity contribution in [1.29, 1.82) is 0 Å². The van der Waals surface area contributed by atoms with Crippen LogP contribution in [0, 0.1) is 11.6 Å². The van der Waals surface area contributed by atoms with Crippen LogP contribution in [-0.2, 0) is 17.8 Å². The van der Waals surface area contributed by atoms with Crippen LogP contribution in [0.4, 0.5) is 19.3 Å². The lowest BCUT2D eigenvalue weighted by molar-refractivity contribution is -0.117. The number of halogens is 2. The number of anilines is 1. The molecule has 0 unspecified atom stereocenters. The number of carbonyl (C=O) groups is 2. The van der Waals surface area contributed by atoms with E-state index < -0.39 is 17.5 Å². The number of carbonyl (C=O) groups excluding carboxylic acids is 2. The van der Waals surface area contributed by atoms with Crippen molar-refractivity contribution in [2.45, 2.75) is 13.0 Å². The van der Waals surface area contributed by atoms with E-state index in [0.717, 1.165) is 11.6 Å². The number of hydrogen-bond acceptors (Lipinski definition) is 3. The van der Waals surface area contributed by atoms with E-state index in [4.69, 9.17) is 5.73 Å². The Morgan fingerprint density at radius 3 is 2.29 bits per heavy atom. The van der Waals surface area contributed by atoms with Gasteiger partial charge in [0.2, 0.25) is 5.91 Å². The highest BCUT2D eigenvalue weighted by Crippen LogP contribution is 2.15. The molecule has 0 atom stereocenters. The highest BCUT2D eigenvalue weighted by Gasteiger charge is 2.21. The van der Waals surface area contributed by atoms with Crippen LogP contribution in [0.3, 0.4) is 0 Å². The third-order valence-electron chi connectivity index (χ3n) is 4.54. The summed E-state index contributed by atoms with van der Waals surface area (Å²) in [6.07, 6.45) is 0.114. The summed E-state index contributed by atoms with van der Waals surface area (Å²) < 4.78 is 26.6. The van der Waals surface area contributed by atoms with E-state index in [-0.39, 0.29) is 12.5 Å². The molecule has 6 nitrogen and oxygen atoms in total. The van der Waals surface area contributed by atoms with Crippen LogP contribution in [0.15, 0.2) is 42.5 Å². The first-order valence-corrected chi connectivity index (χ1v) is 8.99. The first-order chi connectivity index (χ1) is 13.4. The molecule has 0 aromatic heterocycles. The van der Waals surface area contributed by atoms with Crippen molar-refractivity contribution in [2.75, 3.05) is 31.5 Å². The van der Waals surface area contributed by atoms with Crippen LogP contribution in [0.25, 0.3) is 0 Å². The normalized spacial score (nSPS) is 14.7. The van der Waals surface area contributed by atoms with Crippen molar-refractivity contribution in [2.24, 2.45) is 5.73 Å². The fourth-order valence-corrected chi connectivity index (χ4v) is 3.23. The molecule has 0 radical (unpaired) electrons. The van der Waals surface area contributed by atoms with Gasteiger partial charge < -0.3 is 16.0 Å². The van der Waals surface area contributed by atoms with Crippen molar-refractivity contribution in [1.82, 2.24) is 9.80 Å². The SMILES string of the molecule is NC(=O)Cc1cccc(NC(=O)N2CCN(Cc3cc(F)cc(F)c3)CC2)c1. The third-order valence-corrected chi connectivity index (χ3v) is 4.54. The molecule has 3 rings (SSSR count). The second kappa shape index (κ2) is 8.79. The van der Waals surface area contributed by atoms with Crippen LogP contribution in [0.2, 0.25) is 0 Å². The van der Waals surface area contributed by atoms with Gasteiger partial charge in [-0.2, -0.15) is 0 Å². The minimum atomic E-state index is -0.591. The van der Waals surface area contributed by atoms with Crippen molar-refractivity contribution in [3.8, 4) is 0 Å². The third kappa shape index (κ3) is 5.50. The molecule has 8 heteroatoms. The zero-order chi connectivity index (χ0) is 20.1. The van der Waals surface area contributed by atoms with Crippen LogP contribution in [0.5, 0.6) is 0 Å². The Hall–Kier alpha value is -3.00. The summed E-state index contributed by atoms with van der Waals surface area (Å²) >= 11 is 0. The molecule has 28 heavy (non-hydrogen) atoms. The molecule has 2 aromatic rings. The number of hydrogen-bond donors (Lipinski definition) is 2. The van der Waals surface area contributed by atoms with Gasteiger partial charge >= 0.3 is 6.03 Å². The molecule has 3 N–H and O–H groups in total. The van der Waals surface area contributed by atoms with Crippen LogP contribution >= 0.6 is 0 Å². The molecular weight excluding hydrogens is 366 g/mol. The molecule has 0 bridgehead atoms. The predicted molar refractivity (Wildman–Crippen MR) is 102 cm³/mol. The van der Waals surface area contributed by atoms with Gasteiger partial charge in [-0.05, 0) is 35.4 Å². The van der Waals surface area contributed by atoms with Crippen LogP contribution in [0.1, 0.15) is 11.1 Å². The highest BCUT2D eigenvalue weighted by molar-refractivity contribution is 5.89. The molecule has 0 aliphatic carbocycles. The van der Waals surface area contributed by atoms with Gasteiger partial charge in [0, 0.05) is 44.5 Å². The maximum Gasteiger partial charge on any atom is 0.321 e. The first-order valence-electron chi connectivity index (χ1n) is 8.99. The van der Waals surface area contributed by atoms with Crippen molar-refractivity contribution < 1.29 is 18.4 Å². The molecule has 1 saturated heterocycles. The fourth-order valence-electron chi connectivity index (χ4n) is 3.23. The largest absolute Gasteiger partial charge is 0.369 e. The monoisotopic (exact) mass is 388 g/mol. The molecule has 1 aliphatic rings. The average molecular weight is 388 g/mol. The molecule has 0 saturated carbocycles. The van der Waals surface area contributed by atoms with Gasteiger partial charge in [-0.1, -0.05) is 12.1 Å². The molecule has 1 heterocycles. The maximum atomic E-state index is 13.3. The summed E-state index contributed by atoms with van der Waals surface area (Å²) in [6, 6.07) is 10.3. The zero-order valence-corrected chi connectivity index (χ0v) is 15.3. The lowest BCUT2D eigenvalue weighted by Crippen LogP contribution is -2.49. The van der Waals surface area contributed by atoms with E-state index in [2.05, 4.69) is 5.32 Å². The number of urea groups is 1. The smallest absolute Gasteiger partial charge is 0.321 e. The summed E-state index contributed by atoms with van der Waals surface area (Å²) in [5.74, 6) is -1.61. The number of nitrogens with one attached hydrogen (secondary N) is 1. The van der Waals surface area contributed by atoms with Gasteiger partial charge in [0.25, 0.3) is 0 Å². The molecule has 1 aliphatic heterocycles. The number of nitrogens with two attached hydrogens (primary N) is 1. The predicted octanol–water partition coefficient (Wildman–Crippen LogP) is 2.34. The summed E-state index contributed by atoms with van der Waals surface area (Å²) in [7, 11) is 0. The Labute approximate surface area is 161 Å². The summed E-state index contributed by atoms with van der Waals surface area (Å²) in [5.41, 5.74) is 7.10. The maximum absolute atomic E-state index is 13.3. The summed E-state index contributed by atoms with van der Waals surface area (Å²) in [5, 5.41) is 2.82. The minimum absolute atomic E-state index is 0.114. The van der Waals surface area contributed by atoms with E-state index in [1.807, 2.05) is 4.90 Å². The number of benzene rings is 2. The molecule has 2 aromatic carbocycles. The lowest BCUT2D eigenvalue weighted by Gasteiger charge is -2.34. The van der Waals surface area contributed by atoms with E-state index in [1.165, 1.54) is 12.1 Å². The van der Waals surface area contributed by atoms with E-state index in [0.29, 0.717) is 44.0 Å². The number of nitrogens with zero attached hydrogens (tertiary/aromatic N) is 2. The van der Waals surface area contributed by atoms with Gasteiger partial charge in [0.1, 0.15) is 11.6 Å². The number of piperazine rings is 1. The van der Waals surface area contributed by atoms with Crippen molar-refractivity contribution >= 4 is 17.6 Å². The van der Waals surface area contributed by atoms with Crippen LogP contribution < -0.4 is 11.1 Å². The van der Waals surface area contributed by atoms with Crippen LogP contribution in [-0.4, -0.2) is 47.9 Å². The molecule has 148 valence electrons. The fraction of sp³-hybridized carbons (Fsp3) is 0.300. The first kappa shape index (κ1) is 19.8. The highest BCUT2D eigenvalue weighted by atomic mass is 19.1. The Bertz CT molecular complexity index is 847. The minimum Gasteiger partial charge on any atom is -0.369 e. The molecule has 1 fully saturated rings. The molecular formula is C20H22F2N4O2. The summed E-state index contributed by atoms with van der Waals surface area (Å²) in [6.45, 7) is 2.65. The number of rotatable bonds is 5. The van der Waals surface area contributed by atoms with Gasteiger partial charge in [-0.3, -0.25) is 9.69 Å². The van der Waals surface area contributed by atoms with Gasteiger partial charge in [-0.25, -0.2) is 13.6 Å². The molecule has 0 spiro atoms. The lowest BCUT2D eigenvalue weighted by atomic mass is 10.1. The Kier molecular flexibility index (Phi) is 6.20. The van der Waals surface area contributed by atoms with E-state index in [1.54, 1.807) is 29.2 Å². The zero-order valence-electron chi connectivity index (χ0n) is 15.3. The van der Waals surface area contributed by atoms with Gasteiger partial charge in [-0.15, -0.1) is 0 Å². The topological polar surface area (TPSA) is 78.7 Å². The van der Waals surface area contributed by atoms with E-state index >= 15 is 0 Å². The second-order valence-electron chi connectivity index (χ2n) is 6.81.